The van der Waals surface area contributed by atoms with Gasteiger partial charge in [-0.2, -0.15) is 0 Å². The Morgan fingerprint density at radius 2 is 2.25 bits per heavy atom. The lowest BCUT2D eigenvalue weighted by Crippen LogP contribution is -2.40. The summed E-state index contributed by atoms with van der Waals surface area (Å²) in [6, 6.07) is 5.80. The normalized spacial score (nSPS) is 20.1. The van der Waals surface area contributed by atoms with Crippen molar-refractivity contribution in [1.29, 1.82) is 0 Å². The van der Waals surface area contributed by atoms with Gasteiger partial charge in [0.05, 0.1) is 6.10 Å². The number of amides is 1. The van der Waals surface area contributed by atoms with Gasteiger partial charge in [-0.25, -0.2) is 0 Å². The third-order valence-corrected chi connectivity index (χ3v) is 3.84. The molecule has 20 heavy (non-hydrogen) atoms. The number of benzene rings is 1. The highest BCUT2D eigenvalue weighted by atomic mass is 16.5. The van der Waals surface area contributed by atoms with E-state index >= 15 is 0 Å². The minimum atomic E-state index is -0.520. The fourth-order valence-corrected chi connectivity index (χ4v) is 2.36. The second-order valence-electron chi connectivity index (χ2n) is 5.49. The molecule has 0 fully saturated rings. The van der Waals surface area contributed by atoms with Gasteiger partial charge in [0.2, 0.25) is 0 Å². The number of rotatable bonds is 5. The van der Waals surface area contributed by atoms with E-state index in [9.17, 15) is 9.90 Å². The number of hydrogen-bond donors (Lipinski definition) is 2. The first-order valence-electron chi connectivity index (χ1n) is 7.29. The number of ether oxygens (including phenoxy) is 1. The second-order valence-corrected chi connectivity index (χ2v) is 5.49. The molecular formula is C16H23NO3. The predicted octanol–water partition coefficient (Wildman–Crippen LogP) is 2.35. The molecule has 2 unspecified atom stereocenters. The molecule has 3 atom stereocenters. The molecule has 1 amide bonds. The third-order valence-electron chi connectivity index (χ3n) is 3.84. The van der Waals surface area contributed by atoms with Crippen molar-refractivity contribution in [3.63, 3.8) is 0 Å². The number of carbonyl (C=O) groups is 1. The lowest BCUT2D eigenvalue weighted by molar-refractivity contribution is -0.127. The van der Waals surface area contributed by atoms with Crippen LogP contribution in [-0.2, 0) is 11.2 Å². The summed E-state index contributed by atoms with van der Waals surface area (Å²) in [6.07, 6.45) is 1.65. The van der Waals surface area contributed by atoms with E-state index < -0.39 is 6.10 Å². The molecule has 0 heterocycles. The molecular weight excluding hydrogens is 254 g/mol. The number of aryl methyl sites for hydroxylation is 1. The molecule has 1 aromatic rings. The number of aliphatic hydroxyl groups excluding tert-OH is 1. The Morgan fingerprint density at radius 3 is 2.95 bits per heavy atom. The molecule has 0 saturated carbocycles. The average molecular weight is 277 g/mol. The van der Waals surface area contributed by atoms with Gasteiger partial charge in [0.15, 0.2) is 6.10 Å². The molecule has 0 spiro atoms. The summed E-state index contributed by atoms with van der Waals surface area (Å²) in [5.41, 5.74) is 2.10. The molecule has 4 nitrogen and oxygen atoms in total. The minimum Gasteiger partial charge on any atom is -0.481 e. The van der Waals surface area contributed by atoms with E-state index in [2.05, 4.69) is 5.32 Å². The Bertz CT molecular complexity index is 487. The number of nitrogens with one attached hydrogen (secondary N) is 1. The summed E-state index contributed by atoms with van der Waals surface area (Å²) < 4.78 is 5.69. The van der Waals surface area contributed by atoms with E-state index in [1.807, 2.05) is 32.0 Å². The fraction of sp³-hybridized carbons (Fsp3) is 0.562. The van der Waals surface area contributed by atoms with E-state index in [0.717, 1.165) is 30.4 Å². The molecule has 1 aliphatic rings. The maximum atomic E-state index is 11.9. The van der Waals surface area contributed by atoms with Crippen LogP contribution < -0.4 is 10.1 Å². The van der Waals surface area contributed by atoms with Crippen LogP contribution in [-0.4, -0.2) is 23.2 Å². The summed E-state index contributed by atoms with van der Waals surface area (Å²) >= 11 is 0. The Kier molecular flexibility index (Phi) is 4.65. The van der Waals surface area contributed by atoms with E-state index in [4.69, 9.17) is 4.74 Å². The van der Waals surface area contributed by atoms with E-state index in [0.29, 0.717) is 5.75 Å². The van der Waals surface area contributed by atoms with Crippen molar-refractivity contribution in [2.24, 2.45) is 0 Å². The zero-order valence-electron chi connectivity index (χ0n) is 12.3. The summed E-state index contributed by atoms with van der Waals surface area (Å²) in [7, 11) is 0. The summed E-state index contributed by atoms with van der Waals surface area (Å²) in [6.45, 7) is 5.75. The Morgan fingerprint density at radius 1 is 1.50 bits per heavy atom. The molecule has 110 valence electrons. The van der Waals surface area contributed by atoms with Crippen molar-refractivity contribution in [3.05, 3.63) is 29.3 Å². The maximum absolute atomic E-state index is 11.9. The third kappa shape index (κ3) is 3.31. The van der Waals surface area contributed by atoms with Gasteiger partial charge in [-0.3, -0.25) is 4.79 Å². The smallest absolute Gasteiger partial charge is 0.260 e. The Hall–Kier alpha value is -1.55. The lowest BCUT2D eigenvalue weighted by atomic mass is 10.1. The lowest BCUT2D eigenvalue weighted by Gasteiger charge is -2.18. The van der Waals surface area contributed by atoms with Gasteiger partial charge >= 0.3 is 0 Å². The van der Waals surface area contributed by atoms with Crippen LogP contribution in [0.4, 0.5) is 0 Å². The number of aliphatic hydroxyl groups is 1. The predicted molar refractivity (Wildman–Crippen MR) is 77.7 cm³/mol. The highest BCUT2D eigenvalue weighted by molar-refractivity contribution is 5.80. The van der Waals surface area contributed by atoms with Crippen molar-refractivity contribution in [1.82, 2.24) is 5.32 Å². The van der Waals surface area contributed by atoms with E-state index in [-0.39, 0.29) is 18.1 Å². The van der Waals surface area contributed by atoms with Crippen LogP contribution in [0.2, 0.25) is 0 Å². The van der Waals surface area contributed by atoms with E-state index in [1.165, 1.54) is 0 Å². The van der Waals surface area contributed by atoms with Gasteiger partial charge in [-0.05, 0) is 56.4 Å². The van der Waals surface area contributed by atoms with Crippen molar-refractivity contribution < 1.29 is 14.6 Å². The van der Waals surface area contributed by atoms with E-state index in [1.54, 1.807) is 6.92 Å². The number of fused-ring (bicyclic) bond motifs is 1. The highest BCUT2D eigenvalue weighted by Crippen LogP contribution is 2.33. The van der Waals surface area contributed by atoms with Crippen LogP contribution in [0.25, 0.3) is 0 Å². The molecule has 0 aliphatic heterocycles. The van der Waals surface area contributed by atoms with Crippen molar-refractivity contribution in [2.75, 3.05) is 0 Å². The fourth-order valence-electron chi connectivity index (χ4n) is 2.36. The van der Waals surface area contributed by atoms with Crippen LogP contribution in [0.15, 0.2) is 18.2 Å². The topological polar surface area (TPSA) is 58.6 Å². The zero-order chi connectivity index (χ0) is 14.7. The minimum absolute atomic E-state index is 0.0973. The molecule has 1 aromatic carbocycles. The molecule has 2 rings (SSSR count). The van der Waals surface area contributed by atoms with Crippen molar-refractivity contribution >= 4 is 5.91 Å². The van der Waals surface area contributed by atoms with Crippen LogP contribution in [0.3, 0.4) is 0 Å². The summed E-state index contributed by atoms with van der Waals surface area (Å²) in [5.74, 6) is 0.588. The van der Waals surface area contributed by atoms with Crippen LogP contribution in [0.1, 0.15) is 50.8 Å². The maximum Gasteiger partial charge on any atom is 0.260 e. The van der Waals surface area contributed by atoms with Crippen LogP contribution >= 0.6 is 0 Å². The molecule has 0 aromatic heterocycles. The average Bonchev–Trinajstić information content (AvgIpc) is 2.79. The van der Waals surface area contributed by atoms with Crippen molar-refractivity contribution in [2.45, 2.75) is 58.3 Å². The Labute approximate surface area is 120 Å². The second kappa shape index (κ2) is 6.27. The first-order chi connectivity index (χ1) is 9.51. The number of carbonyl (C=O) groups excluding carboxylic acids is 1. The summed E-state index contributed by atoms with van der Waals surface area (Å²) in [5, 5.41) is 12.7. The zero-order valence-corrected chi connectivity index (χ0v) is 12.3. The summed E-state index contributed by atoms with van der Waals surface area (Å²) in [4.78, 5) is 11.9. The molecule has 0 bridgehead atoms. The highest BCUT2D eigenvalue weighted by Gasteiger charge is 2.22. The molecule has 0 radical (unpaired) electrons. The monoisotopic (exact) mass is 277 g/mol. The largest absolute Gasteiger partial charge is 0.481 e. The first-order valence-corrected chi connectivity index (χ1v) is 7.29. The molecule has 0 saturated heterocycles. The SMILES string of the molecule is CCC(C)NC(=O)C(C)Oc1ccc2c(c1)CC[C@@H]2O. The first kappa shape index (κ1) is 14.9. The van der Waals surface area contributed by atoms with Gasteiger partial charge in [0.25, 0.3) is 5.91 Å². The molecule has 4 heteroatoms. The molecule has 2 N–H and O–H groups in total. The van der Waals surface area contributed by atoms with Gasteiger partial charge in [-0.15, -0.1) is 0 Å². The van der Waals surface area contributed by atoms with Gasteiger partial charge in [0, 0.05) is 6.04 Å². The van der Waals surface area contributed by atoms with Crippen LogP contribution in [0, 0.1) is 0 Å². The van der Waals surface area contributed by atoms with Crippen molar-refractivity contribution in [3.8, 4) is 5.75 Å². The van der Waals surface area contributed by atoms with Crippen LogP contribution in [0.5, 0.6) is 5.75 Å². The standard InChI is InChI=1S/C16H23NO3/c1-4-10(2)17-16(19)11(3)20-13-6-7-14-12(9-13)5-8-15(14)18/h6-7,9-11,15,18H,4-5,8H2,1-3H3,(H,17,19)/t10?,11?,15-/m0/s1. The van der Waals surface area contributed by atoms with Gasteiger partial charge in [-0.1, -0.05) is 13.0 Å². The quantitative estimate of drug-likeness (QED) is 0.868. The Balaban J connectivity index is 1.98. The van der Waals surface area contributed by atoms with Gasteiger partial charge < -0.3 is 15.2 Å². The van der Waals surface area contributed by atoms with Gasteiger partial charge in [0.1, 0.15) is 5.75 Å². The number of hydrogen-bond acceptors (Lipinski definition) is 3. The molecule has 1 aliphatic carbocycles.